The Labute approximate surface area is 128 Å². The summed E-state index contributed by atoms with van der Waals surface area (Å²) in [5.74, 6) is 1.60. The van der Waals surface area contributed by atoms with Gasteiger partial charge >= 0.3 is 0 Å². The van der Waals surface area contributed by atoms with E-state index in [9.17, 15) is 0 Å². The summed E-state index contributed by atoms with van der Waals surface area (Å²) in [6, 6.07) is 0.388. The number of nitrogens with one attached hydrogen (secondary N) is 2. The quantitative estimate of drug-likeness (QED) is 0.727. The lowest BCUT2D eigenvalue weighted by Crippen LogP contribution is -3.27. The summed E-state index contributed by atoms with van der Waals surface area (Å²) in [5, 5.41) is 12.7. The van der Waals surface area contributed by atoms with Gasteiger partial charge in [-0.3, -0.25) is 0 Å². The van der Waals surface area contributed by atoms with Crippen LogP contribution in [0.25, 0.3) is 0 Å². The van der Waals surface area contributed by atoms with Crippen LogP contribution in [-0.4, -0.2) is 53.4 Å². The van der Waals surface area contributed by atoms with Crippen molar-refractivity contribution >= 4 is 0 Å². The first kappa shape index (κ1) is 16.4. The van der Waals surface area contributed by atoms with Crippen LogP contribution in [-0.2, 0) is 5.54 Å². The van der Waals surface area contributed by atoms with Gasteiger partial charge in [-0.15, -0.1) is 5.10 Å². The number of hydrogen-bond donors (Lipinski definition) is 2. The lowest BCUT2D eigenvalue weighted by atomic mass is 9.97. The summed E-state index contributed by atoms with van der Waals surface area (Å²) < 4.78 is 2.07. The third-order valence-electron chi connectivity index (χ3n) is 5.06. The van der Waals surface area contributed by atoms with Gasteiger partial charge < -0.3 is 9.80 Å². The molecule has 1 aromatic heterocycles. The lowest BCUT2D eigenvalue weighted by molar-refractivity contribution is -1.02. The molecule has 0 aliphatic carbocycles. The number of tetrazole rings is 1. The molecule has 1 saturated heterocycles. The monoisotopic (exact) mass is 296 g/mol. The fraction of sp³-hybridized carbons (Fsp3) is 0.933. The molecule has 2 heterocycles. The highest BCUT2D eigenvalue weighted by Gasteiger charge is 2.37. The van der Waals surface area contributed by atoms with Crippen molar-refractivity contribution < 1.29 is 9.80 Å². The van der Waals surface area contributed by atoms with Crippen LogP contribution < -0.4 is 9.80 Å². The van der Waals surface area contributed by atoms with E-state index >= 15 is 0 Å². The summed E-state index contributed by atoms with van der Waals surface area (Å²) in [6.45, 7) is 16.1. The molecule has 0 spiro atoms. The van der Waals surface area contributed by atoms with Gasteiger partial charge in [0.15, 0.2) is 6.04 Å². The van der Waals surface area contributed by atoms with Crippen LogP contribution in [0, 0.1) is 5.92 Å². The predicted octanol–water partition coefficient (Wildman–Crippen LogP) is -1.07. The molecular formula is C15H32N6+2. The fourth-order valence-corrected chi connectivity index (χ4v) is 3.23. The van der Waals surface area contributed by atoms with E-state index in [0.29, 0.717) is 12.0 Å². The molecule has 0 saturated carbocycles. The topological polar surface area (TPSA) is 52.5 Å². The number of likely N-dealkylation sites (N-methyl/N-ethyl adjacent to an activating group) is 1. The zero-order valence-corrected chi connectivity index (χ0v) is 14.5. The minimum atomic E-state index is -0.0246. The van der Waals surface area contributed by atoms with Crippen LogP contribution in [0.3, 0.4) is 0 Å². The van der Waals surface area contributed by atoms with Crippen molar-refractivity contribution in [3.05, 3.63) is 5.82 Å². The van der Waals surface area contributed by atoms with E-state index in [-0.39, 0.29) is 5.54 Å². The molecule has 0 radical (unpaired) electrons. The Balaban J connectivity index is 2.30. The number of hydrogen-bond acceptors (Lipinski definition) is 3. The van der Waals surface area contributed by atoms with Crippen LogP contribution in [0.15, 0.2) is 0 Å². The minimum Gasteiger partial charge on any atom is -0.328 e. The fourth-order valence-electron chi connectivity index (χ4n) is 3.23. The van der Waals surface area contributed by atoms with Crippen LogP contribution in [0.4, 0.5) is 0 Å². The molecule has 6 nitrogen and oxygen atoms in total. The summed E-state index contributed by atoms with van der Waals surface area (Å²) in [6.07, 6.45) is 1.03. The van der Waals surface area contributed by atoms with Gasteiger partial charge in [0.1, 0.15) is 26.2 Å². The Bertz CT molecular complexity index is 445. The molecule has 1 aliphatic rings. The molecule has 2 rings (SSSR count). The maximum absolute atomic E-state index is 4.42. The van der Waals surface area contributed by atoms with Crippen LogP contribution in [0.1, 0.15) is 52.9 Å². The van der Waals surface area contributed by atoms with E-state index in [1.807, 2.05) is 0 Å². The SMILES string of the molecule is CCC(C)(C)n1nnnc1[C@H](C(C)C)[NH+]1CC[NH+](C)CC1. The van der Waals surface area contributed by atoms with Crippen molar-refractivity contribution in [2.24, 2.45) is 5.92 Å². The highest BCUT2D eigenvalue weighted by atomic mass is 15.6. The molecule has 6 heteroatoms. The number of quaternary nitrogens is 2. The maximum Gasteiger partial charge on any atom is 0.210 e. The van der Waals surface area contributed by atoms with Crippen LogP contribution in [0.5, 0.6) is 0 Å². The molecule has 0 amide bonds. The normalized spacial score (nSPS) is 25.3. The van der Waals surface area contributed by atoms with Gasteiger partial charge in [0, 0.05) is 5.92 Å². The first-order valence-electron chi connectivity index (χ1n) is 8.31. The van der Waals surface area contributed by atoms with Gasteiger partial charge in [-0.25, -0.2) is 4.68 Å². The van der Waals surface area contributed by atoms with Gasteiger partial charge in [-0.1, -0.05) is 20.8 Å². The molecule has 21 heavy (non-hydrogen) atoms. The molecule has 0 unspecified atom stereocenters. The van der Waals surface area contributed by atoms with Gasteiger partial charge in [-0.05, 0) is 30.7 Å². The summed E-state index contributed by atoms with van der Waals surface area (Å²) in [5.41, 5.74) is -0.0246. The number of rotatable bonds is 5. The van der Waals surface area contributed by atoms with E-state index in [0.717, 1.165) is 12.2 Å². The molecular weight excluding hydrogens is 264 g/mol. The lowest BCUT2D eigenvalue weighted by Gasteiger charge is -2.35. The Hall–Kier alpha value is -1.01. The van der Waals surface area contributed by atoms with E-state index in [1.165, 1.54) is 26.2 Å². The number of aromatic nitrogens is 4. The Morgan fingerprint density at radius 2 is 1.81 bits per heavy atom. The second kappa shape index (κ2) is 6.40. The summed E-state index contributed by atoms with van der Waals surface area (Å²) in [7, 11) is 2.28. The van der Waals surface area contributed by atoms with E-state index in [4.69, 9.17) is 0 Å². The van der Waals surface area contributed by atoms with E-state index in [1.54, 1.807) is 9.80 Å². The van der Waals surface area contributed by atoms with Gasteiger partial charge in [0.25, 0.3) is 0 Å². The minimum absolute atomic E-state index is 0.0246. The predicted molar refractivity (Wildman–Crippen MR) is 82.3 cm³/mol. The van der Waals surface area contributed by atoms with Crippen LogP contribution >= 0.6 is 0 Å². The molecule has 0 bridgehead atoms. The standard InChI is InChI=1S/C15H30N6/c1-7-15(4,5)21-14(16-17-18-21)13(12(2)3)20-10-8-19(6)9-11-20/h12-13H,7-11H2,1-6H3/p+2/t13-/m0/s1. The molecule has 1 atom stereocenters. The van der Waals surface area contributed by atoms with E-state index in [2.05, 4.69) is 61.9 Å². The smallest absolute Gasteiger partial charge is 0.210 e. The van der Waals surface area contributed by atoms with Crippen molar-refractivity contribution in [3.8, 4) is 0 Å². The molecule has 2 N–H and O–H groups in total. The summed E-state index contributed by atoms with van der Waals surface area (Å²) in [4.78, 5) is 3.27. The van der Waals surface area contributed by atoms with Gasteiger partial charge in [0.2, 0.25) is 5.82 Å². The highest BCUT2D eigenvalue weighted by Crippen LogP contribution is 2.24. The number of piperazine rings is 1. The molecule has 1 aromatic rings. The first-order chi connectivity index (χ1) is 9.86. The van der Waals surface area contributed by atoms with Gasteiger partial charge in [0.05, 0.1) is 12.6 Å². The Morgan fingerprint density at radius 3 is 2.33 bits per heavy atom. The van der Waals surface area contributed by atoms with Crippen LogP contribution in [0.2, 0.25) is 0 Å². The van der Waals surface area contributed by atoms with Gasteiger partial charge in [-0.2, -0.15) is 0 Å². The molecule has 120 valence electrons. The maximum atomic E-state index is 4.42. The summed E-state index contributed by atoms with van der Waals surface area (Å²) >= 11 is 0. The zero-order valence-electron chi connectivity index (χ0n) is 14.5. The average Bonchev–Trinajstić information content (AvgIpc) is 2.91. The molecule has 1 fully saturated rings. The largest absolute Gasteiger partial charge is 0.328 e. The second-order valence-corrected chi connectivity index (χ2v) is 7.45. The third-order valence-corrected chi connectivity index (χ3v) is 5.06. The molecule has 1 aliphatic heterocycles. The van der Waals surface area contributed by atoms with Crippen molar-refractivity contribution in [2.75, 3.05) is 33.2 Å². The van der Waals surface area contributed by atoms with Crippen molar-refractivity contribution in [3.63, 3.8) is 0 Å². The number of nitrogens with zero attached hydrogens (tertiary/aromatic N) is 4. The highest BCUT2D eigenvalue weighted by molar-refractivity contribution is 4.94. The third kappa shape index (κ3) is 3.43. The van der Waals surface area contributed by atoms with Crippen molar-refractivity contribution in [1.82, 2.24) is 20.2 Å². The molecule has 0 aromatic carbocycles. The van der Waals surface area contributed by atoms with E-state index < -0.39 is 0 Å². The zero-order chi connectivity index (χ0) is 15.6. The average molecular weight is 296 g/mol. The Morgan fingerprint density at radius 1 is 1.19 bits per heavy atom. The van der Waals surface area contributed by atoms with Crippen molar-refractivity contribution in [2.45, 2.75) is 52.6 Å². The Kier molecular flexibility index (Phi) is 4.99. The first-order valence-corrected chi connectivity index (χ1v) is 8.31. The second-order valence-electron chi connectivity index (χ2n) is 7.45. The van der Waals surface area contributed by atoms with Crippen molar-refractivity contribution in [1.29, 1.82) is 0 Å².